The van der Waals surface area contributed by atoms with Crippen LogP contribution in [-0.2, 0) is 6.54 Å². The number of aromatic hydroxyl groups is 1. The molecule has 2 fully saturated rings. The van der Waals surface area contributed by atoms with E-state index in [0.717, 1.165) is 85.4 Å². The van der Waals surface area contributed by atoms with Gasteiger partial charge in [0.05, 0.1) is 28.9 Å². The predicted molar refractivity (Wildman–Crippen MR) is 160 cm³/mol. The number of piperazine rings is 1. The number of Topliss-reactive ketones (excluding diaryl/α,β-unsaturated/α-hetero) is 1. The van der Waals surface area contributed by atoms with Crippen molar-refractivity contribution in [1.29, 1.82) is 0 Å². The molecule has 1 aliphatic heterocycles. The van der Waals surface area contributed by atoms with Crippen LogP contribution < -0.4 is 15.4 Å². The smallest absolute Gasteiger partial charge is 0.176 e. The summed E-state index contributed by atoms with van der Waals surface area (Å²) in [4.78, 5) is 20.6. The van der Waals surface area contributed by atoms with Gasteiger partial charge in [-0.3, -0.25) is 14.7 Å². The fourth-order valence-corrected chi connectivity index (χ4v) is 5.66. The fourth-order valence-electron chi connectivity index (χ4n) is 5.45. The lowest BCUT2D eigenvalue weighted by atomic mass is 9.79. The Morgan fingerprint density at radius 3 is 2.58 bits per heavy atom. The van der Waals surface area contributed by atoms with Gasteiger partial charge in [-0.05, 0) is 65.9 Å². The molecule has 6 rings (SSSR count). The number of benzene rings is 3. The van der Waals surface area contributed by atoms with E-state index in [9.17, 15) is 9.90 Å². The standard InChI is InChI=1S/C32H33ClN4O3/c1-40-29-17-23(16-27(33)32(29)39)22-7-10-28-25(15-22)30(26(18-35-28)31(38)21-3-2-4-21)36-24-8-5-20(6-9-24)19-37-13-11-34-12-14-37/h5-10,15-18,21,34,39H,2-4,11-14,19H2,1H3,(H,35,36). The Balaban J connectivity index is 1.38. The molecule has 0 bridgehead atoms. The number of phenols is 1. The van der Waals surface area contributed by atoms with Gasteiger partial charge in [0.15, 0.2) is 17.3 Å². The summed E-state index contributed by atoms with van der Waals surface area (Å²) in [6.45, 7) is 5.08. The molecule has 0 amide bonds. The molecule has 3 aromatic carbocycles. The molecule has 2 heterocycles. The van der Waals surface area contributed by atoms with Crippen molar-refractivity contribution in [3.05, 3.63) is 76.9 Å². The van der Waals surface area contributed by atoms with Gasteiger partial charge < -0.3 is 20.5 Å². The van der Waals surface area contributed by atoms with E-state index >= 15 is 0 Å². The average molecular weight is 557 g/mol. The molecule has 1 aromatic heterocycles. The predicted octanol–water partition coefficient (Wildman–Crippen LogP) is 6.40. The number of pyridine rings is 1. The number of carbonyl (C=O) groups is 1. The van der Waals surface area contributed by atoms with E-state index in [1.807, 2.05) is 18.2 Å². The van der Waals surface area contributed by atoms with Gasteiger partial charge in [0.2, 0.25) is 0 Å². The second kappa shape index (κ2) is 11.5. The number of methoxy groups -OCH3 is 1. The Labute approximate surface area is 239 Å². The highest BCUT2D eigenvalue weighted by atomic mass is 35.5. The highest BCUT2D eigenvalue weighted by Gasteiger charge is 2.29. The van der Waals surface area contributed by atoms with Crippen molar-refractivity contribution in [2.75, 3.05) is 38.6 Å². The van der Waals surface area contributed by atoms with E-state index in [1.165, 1.54) is 12.7 Å². The molecule has 1 aliphatic carbocycles. The minimum Gasteiger partial charge on any atom is -0.503 e. The van der Waals surface area contributed by atoms with Gasteiger partial charge in [0.25, 0.3) is 0 Å². The van der Waals surface area contributed by atoms with Crippen LogP contribution >= 0.6 is 11.6 Å². The average Bonchev–Trinajstić information content (AvgIpc) is 2.95. The molecule has 0 spiro atoms. The largest absolute Gasteiger partial charge is 0.503 e. The van der Waals surface area contributed by atoms with Gasteiger partial charge >= 0.3 is 0 Å². The zero-order valence-corrected chi connectivity index (χ0v) is 23.3. The number of carbonyl (C=O) groups excluding carboxylic acids is 1. The highest BCUT2D eigenvalue weighted by Crippen LogP contribution is 2.41. The number of ketones is 1. The maximum absolute atomic E-state index is 13.5. The first-order chi connectivity index (χ1) is 19.5. The number of nitrogens with one attached hydrogen (secondary N) is 2. The number of hydrogen-bond donors (Lipinski definition) is 3. The molecule has 8 heteroatoms. The second-order valence-corrected chi connectivity index (χ2v) is 11.0. The van der Waals surface area contributed by atoms with E-state index in [4.69, 9.17) is 16.3 Å². The molecule has 1 saturated carbocycles. The number of hydrogen-bond acceptors (Lipinski definition) is 7. The van der Waals surface area contributed by atoms with Gasteiger partial charge in [-0.25, -0.2) is 0 Å². The lowest BCUT2D eigenvalue weighted by Crippen LogP contribution is -2.42. The molecule has 0 unspecified atom stereocenters. The van der Waals surface area contributed by atoms with Gasteiger partial charge in [0, 0.05) is 55.9 Å². The monoisotopic (exact) mass is 556 g/mol. The quantitative estimate of drug-likeness (QED) is 0.216. The third kappa shape index (κ3) is 5.37. The van der Waals surface area contributed by atoms with Gasteiger partial charge in [0.1, 0.15) is 0 Å². The van der Waals surface area contributed by atoms with Crippen LogP contribution in [0.25, 0.3) is 22.0 Å². The first kappa shape index (κ1) is 26.6. The number of anilines is 2. The second-order valence-electron chi connectivity index (χ2n) is 10.6. The maximum atomic E-state index is 13.5. The first-order valence-electron chi connectivity index (χ1n) is 13.8. The molecule has 7 nitrogen and oxygen atoms in total. The third-order valence-electron chi connectivity index (χ3n) is 8.03. The van der Waals surface area contributed by atoms with Crippen LogP contribution in [-0.4, -0.2) is 54.1 Å². The van der Waals surface area contributed by atoms with Crippen LogP contribution in [0.4, 0.5) is 11.4 Å². The first-order valence-corrected chi connectivity index (χ1v) is 14.2. The summed E-state index contributed by atoms with van der Waals surface area (Å²) in [7, 11) is 1.49. The molecule has 1 saturated heterocycles. The SMILES string of the molecule is COc1cc(-c2ccc3ncc(C(=O)C4CCC4)c(Nc4ccc(CN5CCNCC5)cc4)c3c2)cc(Cl)c1O. The van der Waals surface area contributed by atoms with Gasteiger partial charge in [-0.1, -0.05) is 36.2 Å². The normalized spacial score (nSPS) is 16.1. The molecular weight excluding hydrogens is 524 g/mol. The highest BCUT2D eigenvalue weighted by molar-refractivity contribution is 6.32. The van der Waals surface area contributed by atoms with Crippen molar-refractivity contribution < 1.29 is 14.6 Å². The zero-order valence-electron chi connectivity index (χ0n) is 22.5. The van der Waals surface area contributed by atoms with Crippen LogP contribution in [0.2, 0.25) is 5.02 Å². The van der Waals surface area contributed by atoms with E-state index in [2.05, 4.69) is 44.8 Å². The van der Waals surface area contributed by atoms with E-state index in [-0.39, 0.29) is 22.5 Å². The van der Waals surface area contributed by atoms with Crippen molar-refractivity contribution in [2.24, 2.45) is 5.92 Å². The Morgan fingerprint density at radius 1 is 1.10 bits per heavy atom. The number of fused-ring (bicyclic) bond motifs is 1. The topological polar surface area (TPSA) is 86.7 Å². The number of aromatic nitrogens is 1. The van der Waals surface area contributed by atoms with Crippen molar-refractivity contribution in [3.63, 3.8) is 0 Å². The number of rotatable bonds is 8. The zero-order chi connectivity index (χ0) is 27.6. The summed E-state index contributed by atoms with van der Waals surface area (Å²) in [5, 5.41) is 18.2. The molecule has 0 radical (unpaired) electrons. The van der Waals surface area contributed by atoms with E-state index in [0.29, 0.717) is 11.3 Å². The Morgan fingerprint density at radius 2 is 1.88 bits per heavy atom. The van der Waals surface area contributed by atoms with Crippen molar-refractivity contribution in [3.8, 4) is 22.6 Å². The third-order valence-corrected chi connectivity index (χ3v) is 8.32. The molecule has 40 heavy (non-hydrogen) atoms. The maximum Gasteiger partial charge on any atom is 0.176 e. The summed E-state index contributed by atoms with van der Waals surface area (Å²) in [6.07, 6.45) is 4.64. The van der Waals surface area contributed by atoms with Gasteiger partial charge in [-0.2, -0.15) is 0 Å². The van der Waals surface area contributed by atoms with Crippen LogP contribution in [0.3, 0.4) is 0 Å². The summed E-state index contributed by atoms with van der Waals surface area (Å²) in [5.41, 5.74) is 5.99. The lowest BCUT2D eigenvalue weighted by molar-refractivity contribution is 0.0856. The summed E-state index contributed by atoms with van der Waals surface area (Å²) in [5.74, 6) is 0.392. The minimum absolute atomic E-state index is 0.0459. The van der Waals surface area contributed by atoms with Crippen LogP contribution in [0.5, 0.6) is 11.5 Å². The molecule has 206 valence electrons. The summed E-state index contributed by atoms with van der Waals surface area (Å²) >= 11 is 6.30. The van der Waals surface area contributed by atoms with Crippen molar-refractivity contribution in [1.82, 2.24) is 15.2 Å². The molecular formula is C32H33ClN4O3. The molecule has 3 N–H and O–H groups in total. The van der Waals surface area contributed by atoms with Crippen molar-refractivity contribution >= 4 is 39.7 Å². The van der Waals surface area contributed by atoms with E-state index < -0.39 is 0 Å². The summed E-state index contributed by atoms with van der Waals surface area (Å²) < 4.78 is 5.32. The lowest BCUT2D eigenvalue weighted by Gasteiger charge is -2.27. The number of nitrogens with zero attached hydrogens (tertiary/aromatic N) is 2. The number of ether oxygens (including phenoxy) is 1. The molecule has 2 aliphatic rings. The van der Waals surface area contributed by atoms with Crippen LogP contribution in [0, 0.1) is 5.92 Å². The van der Waals surface area contributed by atoms with Crippen LogP contribution in [0.15, 0.2) is 60.8 Å². The number of phenolic OH excluding ortho intramolecular Hbond substituents is 1. The Hall–Kier alpha value is -3.65. The number of halogens is 1. The summed E-state index contributed by atoms with van der Waals surface area (Å²) in [6, 6.07) is 17.8. The Kier molecular flexibility index (Phi) is 7.61. The minimum atomic E-state index is -0.0912. The fraction of sp³-hybridized carbons (Fsp3) is 0.312. The van der Waals surface area contributed by atoms with Crippen molar-refractivity contribution in [2.45, 2.75) is 25.8 Å². The molecule has 4 aromatic rings. The molecule has 0 atom stereocenters. The van der Waals surface area contributed by atoms with Gasteiger partial charge in [-0.15, -0.1) is 0 Å². The Bertz CT molecular complexity index is 1550. The van der Waals surface area contributed by atoms with E-state index in [1.54, 1.807) is 18.3 Å². The van der Waals surface area contributed by atoms with Crippen LogP contribution in [0.1, 0.15) is 35.2 Å².